The zero-order chi connectivity index (χ0) is 11.6. The average Bonchev–Trinajstić information content (AvgIpc) is 2.41. The Kier molecular flexibility index (Phi) is 1.81. The maximum absolute atomic E-state index is 11.0. The van der Waals surface area contributed by atoms with E-state index in [-0.39, 0.29) is 0 Å². The second-order valence-electron chi connectivity index (χ2n) is 4.58. The van der Waals surface area contributed by atoms with Crippen molar-refractivity contribution >= 4 is 11.8 Å². The minimum absolute atomic E-state index is 0.899. The fourth-order valence-corrected chi connectivity index (χ4v) is 2.10. The van der Waals surface area contributed by atoms with Crippen LogP contribution in [0.25, 0.3) is 0 Å². The van der Waals surface area contributed by atoms with E-state index in [4.69, 9.17) is 0 Å². The third-order valence-electron chi connectivity index (χ3n) is 3.47. The summed E-state index contributed by atoms with van der Waals surface area (Å²) in [5.74, 6) is -2.25. The lowest BCUT2D eigenvalue weighted by Gasteiger charge is -2.21. The molecule has 2 unspecified atom stereocenters. The topological polar surface area (TPSA) is 104 Å². The molecule has 0 radical (unpaired) electrons. The van der Waals surface area contributed by atoms with Crippen molar-refractivity contribution < 1.29 is 29.6 Å². The van der Waals surface area contributed by atoms with Crippen LogP contribution in [0.5, 0.6) is 0 Å². The van der Waals surface area contributed by atoms with Crippen molar-refractivity contribution in [3.8, 4) is 0 Å². The van der Waals surface area contributed by atoms with Crippen LogP contribution in [0.15, 0.2) is 0 Å². The van der Waals surface area contributed by atoms with Gasteiger partial charge in [-0.05, 0) is 0 Å². The highest BCUT2D eigenvalue weighted by molar-refractivity contribution is 6.37. The van der Waals surface area contributed by atoms with Crippen LogP contribution in [0.2, 0.25) is 0 Å². The van der Waals surface area contributed by atoms with E-state index in [1.54, 1.807) is 13.8 Å². The number of carbonyl (C=O) groups is 2. The Labute approximate surface area is 85.5 Å². The van der Waals surface area contributed by atoms with E-state index in [0.29, 0.717) is 0 Å². The summed E-state index contributed by atoms with van der Waals surface area (Å²) in [6, 6.07) is 0. The molecule has 0 amide bonds. The highest BCUT2D eigenvalue weighted by Crippen LogP contribution is 2.59. The first-order chi connectivity index (χ1) is 6.74. The van der Waals surface area contributed by atoms with Crippen molar-refractivity contribution in [2.75, 3.05) is 0 Å². The van der Waals surface area contributed by atoms with Gasteiger partial charge in [-0.15, -0.1) is 0 Å². The molecular weight excluding hydrogens is 204 g/mol. The van der Waals surface area contributed by atoms with Gasteiger partial charge in [0.2, 0.25) is 0 Å². The molecule has 1 saturated carbocycles. The second-order valence-corrected chi connectivity index (χ2v) is 4.58. The molecule has 3 N–H and O–H groups in total. The van der Waals surface area contributed by atoms with Crippen LogP contribution >= 0.6 is 0 Å². The molecule has 1 heterocycles. The molecule has 84 valence electrons. The molecule has 0 aromatic heterocycles. The molecule has 0 bridgehead atoms. The van der Waals surface area contributed by atoms with E-state index in [1.807, 2.05) is 0 Å². The zero-order valence-corrected chi connectivity index (χ0v) is 8.30. The van der Waals surface area contributed by atoms with Crippen LogP contribution in [0.4, 0.5) is 0 Å². The number of Topliss-reactive ketones (excluding diaryl/α,β-unsaturated/α-hetero) is 1. The predicted octanol–water partition coefficient (Wildman–Crippen LogP) is -2.03. The second kappa shape index (κ2) is 2.58. The standard InChI is InChI=1S/C9H12O6/c1-8(2)7(13)9(8,14)5-3(10)4(11)6(12)15-5/h3,5,7,10,13-14H,1-2H3/t3?,5-,7?,9+/m0/s1. The Morgan fingerprint density at radius 1 is 1.27 bits per heavy atom. The van der Waals surface area contributed by atoms with Crippen LogP contribution in [0.1, 0.15) is 13.8 Å². The summed E-state index contributed by atoms with van der Waals surface area (Å²) in [7, 11) is 0. The number of aliphatic hydroxyl groups is 3. The lowest BCUT2D eigenvalue weighted by molar-refractivity contribution is -0.154. The largest absolute Gasteiger partial charge is 0.450 e. The molecular formula is C9H12O6. The molecule has 4 atom stereocenters. The van der Waals surface area contributed by atoms with Gasteiger partial charge in [0.05, 0.1) is 6.10 Å². The van der Waals surface area contributed by atoms with Gasteiger partial charge in [0.1, 0.15) is 5.60 Å². The molecule has 0 spiro atoms. The quantitative estimate of drug-likeness (QED) is 0.345. The molecule has 6 heteroatoms. The summed E-state index contributed by atoms with van der Waals surface area (Å²) in [6.45, 7) is 3.11. The van der Waals surface area contributed by atoms with E-state index in [9.17, 15) is 24.9 Å². The summed E-state index contributed by atoms with van der Waals surface area (Å²) in [5, 5.41) is 28.9. The van der Waals surface area contributed by atoms with Crippen LogP contribution in [0, 0.1) is 5.41 Å². The third-order valence-corrected chi connectivity index (χ3v) is 3.47. The minimum atomic E-state index is -1.74. The normalized spacial score (nSPS) is 47.9. The van der Waals surface area contributed by atoms with E-state index in [2.05, 4.69) is 4.74 Å². The lowest BCUT2D eigenvalue weighted by atomic mass is 9.98. The summed E-state index contributed by atoms with van der Waals surface area (Å²) in [5.41, 5.74) is -2.64. The van der Waals surface area contributed by atoms with Crippen molar-refractivity contribution in [1.82, 2.24) is 0 Å². The number of hydrogen-bond donors (Lipinski definition) is 3. The van der Waals surface area contributed by atoms with Crippen molar-refractivity contribution in [3.05, 3.63) is 0 Å². The highest BCUT2D eigenvalue weighted by Gasteiger charge is 2.78. The predicted molar refractivity (Wildman–Crippen MR) is 45.6 cm³/mol. The number of rotatable bonds is 1. The van der Waals surface area contributed by atoms with Crippen LogP contribution in [0.3, 0.4) is 0 Å². The molecule has 15 heavy (non-hydrogen) atoms. The first-order valence-electron chi connectivity index (χ1n) is 4.58. The molecule has 1 aliphatic heterocycles. The Hall–Kier alpha value is -0.980. The Balaban J connectivity index is 2.29. The zero-order valence-electron chi connectivity index (χ0n) is 8.30. The van der Waals surface area contributed by atoms with Gasteiger partial charge in [-0.2, -0.15) is 0 Å². The molecule has 2 rings (SSSR count). The third kappa shape index (κ3) is 0.987. The highest BCUT2D eigenvalue weighted by atomic mass is 16.6. The van der Waals surface area contributed by atoms with Crippen molar-refractivity contribution in [1.29, 1.82) is 0 Å². The molecule has 6 nitrogen and oxygen atoms in total. The van der Waals surface area contributed by atoms with E-state index < -0.39 is 41.1 Å². The Morgan fingerprint density at radius 3 is 2.00 bits per heavy atom. The summed E-state index contributed by atoms with van der Waals surface area (Å²) >= 11 is 0. The van der Waals surface area contributed by atoms with Crippen molar-refractivity contribution in [2.45, 2.75) is 37.8 Å². The molecule has 2 fully saturated rings. The lowest BCUT2D eigenvalue weighted by Crippen LogP contribution is -2.43. The van der Waals surface area contributed by atoms with Crippen molar-refractivity contribution in [2.24, 2.45) is 5.41 Å². The molecule has 0 aromatic rings. The summed E-state index contributed by atoms with van der Waals surface area (Å²) in [6.07, 6.45) is -4.19. The number of esters is 1. The summed E-state index contributed by atoms with van der Waals surface area (Å²) < 4.78 is 4.57. The number of hydrogen-bond acceptors (Lipinski definition) is 6. The summed E-state index contributed by atoms with van der Waals surface area (Å²) in [4.78, 5) is 21.9. The van der Waals surface area contributed by atoms with E-state index in [0.717, 1.165) is 0 Å². The van der Waals surface area contributed by atoms with Crippen LogP contribution < -0.4 is 0 Å². The van der Waals surface area contributed by atoms with Gasteiger partial charge in [0, 0.05) is 5.41 Å². The van der Waals surface area contributed by atoms with Gasteiger partial charge in [-0.3, -0.25) is 4.79 Å². The SMILES string of the molecule is CC1(C)C(O)[C@]1(O)[C@H]1OC(=O)C(=O)C1O. The fourth-order valence-electron chi connectivity index (χ4n) is 2.10. The number of aliphatic hydroxyl groups excluding tert-OH is 2. The van der Waals surface area contributed by atoms with Gasteiger partial charge < -0.3 is 20.1 Å². The van der Waals surface area contributed by atoms with Gasteiger partial charge in [-0.1, -0.05) is 13.8 Å². The maximum Gasteiger partial charge on any atom is 0.378 e. The molecule has 0 aromatic carbocycles. The molecule has 1 saturated heterocycles. The molecule has 2 aliphatic rings. The van der Waals surface area contributed by atoms with Gasteiger partial charge in [0.25, 0.3) is 5.78 Å². The number of carbonyl (C=O) groups excluding carboxylic acids is 2. The van der Waals surface area contributed by atoms with Gasteiger partial charge in [-0.25, -0.2) is 4.79 Å². The van der Waals surface area contributed by atoms with Crippen molar-refractivity contribution in [3.63, 3.8) is 0 Å². The van der Waals surface area contributed by atoms with Crippen LogP contribution in [-0.2, 0) is 14.3 Å². The first kappa shape index (κ1) is 10.5. The maximum atomic E-state index is 11.0. The van der Waals surface area contributed by atoms with E-state index in [1.165, 1.54) is 0 Å². The average molecular weight is 216 g/mol. The van der Waals surface area contributed by atoms with Crippen LogP contribution in [-0.4, -0.2) is 51.0 Å². The Bertz CT molecular complexity index is 349. The monoisotopic (exact) mass is 216 g/mol. The number of ether oxygens (including phenoxy) is 1. The number of cyclic esters (lactones) is 1. The Morgan fingerprint density at radius 2 is 1.73 bits per heavy atom. The first-order valence-corrected chi connectivity index (χ1v) is 4.58. The number of ketones is 1. The van der Waals surface area contributed by atoms with E-state index >= 15 is 0 Å². The van der Waals surface area contributed by atoms with Gasteiger partial charge >= 0.3 is 5.97 Å². The smallest absolute Gasteiger partial charge is 0.378 e. The minimum Gasteiger partial charge on any atom is -0.450 e. The van der Waals surface area contributed by atoms with Gasteiger partial charge in [0.15, 0.2) is 12.2 Å². The molecule has 1 aliphatic carbocycles. The fraction of sp³-hybridized carbons (Fsp3) is 0.778.